The van der Waals surface area contributed by atoms with Gasteiger partial charge in [-0.25, -0.2) is 0 Å². The van der Waals surface area contributed by atoms with E-state index in [4.69, 9.17) is 4.74 Å². The largest absolute Gasteiger partial charge is 0.496 e. The van der Waals surface area contributed by atoms with E-state index < -0.39 is 0 Å². The van der Waals surface area contributed by atoms with E-state index in [2.05, 4.69) is 5.32 Å². The zero-order valence-electron chi connectivity index (χ0n) is 14.8. The van der Waals surface area contributed by atoms with Crippen LogP contribution >= 0.6 is 0 Å². The third kappa shape index (κ3) is 7.33. The molecule has 4 nitrogen and oxygen atoms in total. The zero-order chi connectivity index (χ0) is 17.5. The molecule has 128 valence electrons. The lowest BCUT2D eigenvalue weighted by Crippen LogP contribution is -2.35. The Bertz CT molecular complexity index is 547. The number of methoxy groups -OCH3 is 1. The molecule has 1 amide bonds. The number of benzene rings is 1. The number of amides is 1. The first-order chi connectivity index (χ1) is 10.7. The fraction of sp³-hybridized carbons (Fsp3) is 0.526. The molecule has 1 atom stereocenters. The van der Waals surface area contributed by atoms with Gasteiger partial charge in [0.25, 0.3) is 0 Å². The Labute approximate surface area is 139 Å². The van der Waals surface area contributed by atoms with Gasteiger partial charge in [-0.05, 0) is 43.7 Å². The molecule has 0 aliphatic rings. The normalized spacial score (nSPS) is 13.6. The Kier molecular flexibility index (Phi) is 7.30. The third-order valence-corrected chi connectivity index (χ3v) is 3.63. The van der Waals surface area contributed by atoms with Crippen molar-refractivity contribution in [3.8, 4) is 5.75 Å². The molecule has 0 bridgehead atoms. The lowest BCUT2D eigenvalue weighted by Gasteiger charge is -2.26. The molecule has 0 aliphatic carbocycles. The van der Waals surface area contributed by atoms with Crippen LogP contribution in [0.5, 0.6) is 5.75 Å². The van der Waals surface area contributed by atoms with Crippen LogP contribution in [0.3, 0.4) is 0 Å². The SMILES string of the molecule is COc1ccccc1C/C(C)=C/C(=O)NCC(C)(C)CC(C)O. The number of carbonyl (C=O) groups is 1. The number of hydrogen-bond donors (Lipinski definition) is 2. The summed E-state index contributed by atoms with van der Waals surface area (Å²) in [5, 5.41) is 12.4. The van der Waals surface area contributed by atoms with Crippen molar-refractivity contribution in [1.29, 1.82) is 0 Å². The summed E-state index contributed by atoms with van der Waals surface area (Å²) in [5.41, 5.74) is 1.90. The van der Waals surface area contributed by atoms with Gasteiger partial charge in [-0.15, -0.1) is 0 Å². The number of aliphatic hydroxyl groups is 1. The maximum Gasteiger partial charge on any atom is 0.243 e. The molecule has 23 heavy (non-hydrogen) atoms. The molecule has 0 saturated heterocycles. The van der Waals surface area contributed by atoms with Crippen molar-refractivity contribution in [2.45, 2.75) is 46.6 Å². The van der Waals surface area contributed by atoms with Gasteiger partial charge in [-0.1, -0.05) is 37.6 Å². The third-order valence-electron chi connectivity index (χ3n) is 3.63. The number of carbonyl (C=O) groups excluding carboxylic acids is 1. The van der Waals surface area contributed by atoms with Crippen LogP contribution in [0.2, 0.25) is 0 Å². The van der Waals surface area contributed by atoms with Crippen LogP contribution < -0.4 is 10.1 Å². The fourth-order valence-electron chi connectivity index (χ4n) is 2.67. The number of ether oxygens (including phenoxy) is 1. The first-order valence-electron chi connectivity index (χ1n) is 7.98. The van der Waals surface area contributed by atoms with Gasteiger partial charge in [0.15, 0.2) is 0 Å². The van der Waals surface area contributed by atoms with Crippen LogP contribution in [0.1, 0.15) is 39.7 Å². The van der Waals surface area contributed by atoms with E-state index in [1.807, 2.05) is 45.0 Å². The van der Waals surface area contributed by atoms with Crippen molar-refractivity contribution in [3.63, 3.8) is 0 Å². The summed E-state index contributed by atoms with van der Waals surface area (Å²) in [7, 11) is 1.65. The molecule has 1 rings (SSSR count). The van der Waals surface area contributed by atoms with Gasteiger partial charge in [0.05, 0.1) is 13.2 Å². The second-order valence-electron chi connectivity index (χ2n) is 6.91. The fourth-order valence-corrected chi connectivity index (χ4v) is 2.67. The van der Waals surface area contributed by atoms with Crippen LogP contribution in [0.15, 0.2) is 35.9 Å². The van der Waals surface area contributed by atoms with Crippen LogP contribution in [0, 0.1) is 5.41 Å². The monoisotopic (exact) mass is 319 g/mol. The van der Waals surface area contributed by atoms with Crippen molar-refractivity contribution < 1.29 is 14.6 Å². The van der Waals surface area contributed by atoms with Crippen LogP contribution in [0.4, 0.5) is 0 Å². The van der Waals surface area contributed by atoms with E-state index in [0.29, 0.717) is 19.4 Å². The van der Waals surface area contributed by atoms with Crippen molar-refractivity contribution in [2.75, 3.05) is 13.7 Å². The molecular weight excluding hydrogens is 290 g/mol. The summed E-state index contributed by atoms with van der Waals surface area (Å²) < 4.78 is 5.33. The zero-order valence-corrected chi connectivity index (χ0v) is 14.8. The summed E-state index contributed by atoms with van der Waals surface area (Å²) >= 11 is 0. The minimum Gasteiger partial charge on any atom is -0.496 e. The number of para-hydroxylation sites is 1. The second kappa shape index (κ2) is 8.73. The van der Waals surface area contributed by atoms with E-state index in [0.717, 1.165) is 16.9 Å². The second-order valence-corrected chi connectivity index (χ2v) is 6.91. The summed E-state index contributed by atoms with van der Waals surface area (Å²) in [5.74, 6) is 0.731. The van der Waals surface area contributed by atoms with Gasteiger partial charge in [0.1, 0.15) is 5.75 Å². The topological polar surface area (TPSA) is 58.6 Å². The molecule has 0 saturated carbocycles. The highest BCUT2D eigenvalue weighted by Crippen LogP contribution is 2.22. The van der Waals surface area contributed by atoms with Crippen molar-refractivity contribution in [2.24, 2.45) is 5.41 Å². The Morgan fingerprint density at radius 2 is 2.04 bits per heavy atom. The van der Waals surface area contributed by atoms with Gasteiger partial charge in [-0.2, -0.15) is 0 Å². The predicted molar refractivity (Wildman–Crippen MR) is 93.5 cm³/mol. The number of rotatable bonds is 8. The van der Waals surface area contributed by atoms with Crippen LogP contribution in [0.25, 0.3) is 0 Å². The summed E-state index contributed by atoms with van der Waals surface area (Å²) in [6.45, 7) is 8.31. The van der Waals surface area contributed by atoms with Crippen molar-refractivity contribution >= 4 is 5.91 Å². The van der Waals surface area contributed by atoms with Gasteiger partial charge < -0.3 is 15.2 Å². The van der Waals surface area contributed by atoms with Crippen molar-refractivity contribution in [1.82, 2.24) is 5.32 Å². The van der Waals surface area contributed by atoms with E-state index in [9.17, 15) is 9.90 Å². The Morgan fingerprint density at radius 3 is 2.65 bits per heavy atom. The molecule has 0 radical (unpaired) electrons. The predicted octanol–water partition coefficient (Wildman–Crippen LogP) is 3.10. The molecule has 0 aromatic heterocycles. The van der Waals surface area contributed by atoms with Crippen LogP contribution in [-0.2, 0) is 11.2 Å². The highest BCUT2D eigenvalue weighted by Gasteiger charge is 2.20. The summed E-state index contributed by atoms with van der Waals surface area (Å²) in [6.07, 6.45) is 2.58. The van der Waals surface area contributed by atoms with Gasteiger partial charge >= 0.3 is 0 Å². The van der Waals surface area contributed by atoms with E-state index in [1.54, 1.807) is 20.1 Å². The quantitative estimate of drug-likeness (QED) is 0.724. The molecule has 0 fully saturated rings. The van der Waals surface area contributed by atoms with E-state index in [1.165, 1.54) is 0 Å². The number of allylic oxidation sites excluding steroid dienone is 1. The average Bonchev–Trinajstić information content (AvgIpc) is 2.44. The van der Waals surface area contributed by atoms with Gasteiger partial charge in [-0.3, -0.25) is 4.79 Å². The maximum absolute atomic E-state index is 12.0. The van der Waals surface area contributed by atoms with Crippen molar-refractivity contribution in [3.05, 3.63) is 41.5 Å². The lowest BCUT2D eigenvalue weighted by atomic mass is 9.87. The first-order valence-corrected chi connectivity index (χ1v) is 7.98. The molecule has 1 unspecified atom stereocenters. The molecule has 1 aromatic carbocycles. The Hall–Kier alpha value is -1.81. The highest BCUT2D eigenvalue weighted by molar-refractivity contribution is 5.88. The van der Waals surface area contributed by atoms with Gasteiger partial charge in [0.2, 0.25) is 5.91 Å². The number of aliphatic hydroxyl groups excluding tert-OH is 1. The molecule has 4 heteroatoms. The minimum atomic E-state index is -0.371. The molecule has 0 aliphatic heterocycles. The van der Waals surface area contributed by atoms with E-state index in [-0.39, 0.29) is 17.4 Å². The van der Waals surface area contributed by atoms with Crippen LogP contribution in [-0.4, -0.2) is 30.8 Å². The number of hydrogen-bond acceptors (Lipinski definition) is 3. The van der Waals surface area contributed by atoms with E-state index >= 15 is 0 Å². The standard InChI is InChI=1S/C19H29NO3/c1-14(10-16-8-6-7-9-17(16)23-5)11-18(22)20-13-19(3,4)12-15(2)21/h6-9,11,15,21H,10,12-13H2,1-5H3,(H,20,22)/b14-11+. The number of nitrogens with one attached hydrogen (secondary N) is 1. The molecule has 1 aromatic rings. The first kappa shape index (κ1) is 19.2. The Morgan fingerprint density at radius 1 is 1.39 bits per heavy atom. The maximum atomic E-state index is 12.0. The summed E-state index contributed by atoms with van der Waals surface area (Å²) in [6, 6.07) is 7.81. The molecule has 2 N–H and O–H groups in total. The lowest BCUT2D eigenvalue weighted by molar-refractivity contribution is -0.117. The van der Waals surface area contributed by atoms with Gasteiger partial charge in [0, 0.05) is 12.6 Å². The molecule has 0 heterocycles. The Balaban J connectivity index is 2.59. The highest BCUT2D eigenvalue weighted by atomic mass is 16.5. The average molecular weight is 319 g/mol. The minimum absolute atomic E-state index is 0.101. The summed E-state index contributed by atoms with van der Waals surface area (Å²) in [4.78, 5) is 12.0. The molecular formula is C19H29NO3. The smallest absolute Gasteiger partial charge is 0.243 e. The molecule has 0 spiro atoms.